The van der Waals surface area contributed by atoms with Gasteiger partial charge in [-0.15, -0.1) is 0 Å². The van der Waals surface area contributed by atoms with Gasteiger partial charge in [0.2, 0.25) is 35.4 Å². The van der Waals surface area contributed by atoms with Gasteiger partial charge in [0.25, 0.3) is 11.8 Å². The van der Waals surface area contributed by atoms with E-state index < -0.39 is 71.7 Å². The summed E-state index contributed by atoms with van der Waals surface area (Å²) in [6.45, 7) is 5.61. The maximum atomic E-state index is 15.8. The smallest absolute Gasteiger partial charge is 0.256 e. The minimum absolute atomic E-state index is 0.0888. The van der Waals surface area contributed by atoms with Crippen molar-refractivity contribution in [3.63, 3.8) is 0 Å². The third-order valence-electron chi connectivity index (χ3n) is 19.5. The molecule has 8 amide bonds. The fraction of sp³-hybridized carbons (Fsp3) is 0.385. The number of hydrogen-bond donors (Lipinski definition) is 4. The van der Waals surface area contributed by atoms with Crippen molar-refractivity contribution < 1.29 is 38.4 Å². The monoisotopic (exact) mass is 1320 g/mol. The molecular formula is C78H92N12O8. The predicted molar refractivity (Wildman–Crippen MR) is 384 cm³/mol. The standard InChI is InChI=1S/C78H92N12O8/c1-7-61-59(47-57-45-53-29-15-17-31-55(53)49-63(57)83-61)73(93)85(3)65(77(97)89-41-21-35-67(89)75(95)87(5)69(71(91)81-39-23-37-79)43-51-25-11-9-12-26-51)33-19-20-34-66(86(4)74(94)60-48-58-46-54-30-16-18-32-56(54)50-64(58)84-62(60)8-2)78(98)90-42-22-36-68(90)76(96)88(6)70(72(92)82-40-24-38-80)44-52-27-13-10-14-28-52/h9-20,25-32,45-50,65-70H,7-8,21-24,33-44,79-80H2,1-6H3,(H,81,91)(H,82,92)/b20-19+/t65-,66-,67-,68-,69-,70-/m0/s1. The fourth-order valence-corrected chi connectivity index (χ4v) is 13.8. The summed E-state index contributed by atoms with van der Waals surface area (Å²) in [5.41, 5.74) is 16.4. The molecule has 2 aliphatic heterocycles. The van der Waals surface area contributed by atoms with Crippen LogP contribution in [0.15, 0.2) is 158 Å². The SMILES string of the molecule is CCc1nc2cc3ccccc3cc2cc1C(=O)N(C)[C@@H](C/C=C/C[C@@H](C(=O)N1CCC[C@H]1C(=O)N(C)[C@@H](Cc1ccccc1)C(=O)NCCCN)N(C)C(=O)c1cc2cc3ccccc3cc2nc1CC)C(=O)N1CCC[C@H]1C(=O)N(C)[C@@H](Cc1ccccc1)C(=O)NCCCN. The van der Waals surface area contributed by atoms with Crippen molar-refractivity contribution in [3.8, 4) is 0 Å². The molecule has 0 saturated carbocycles. The molecule has 6 aromatic carbocycles. The van der Waals surface area contributed by atoms with Crippen LogP contribution in [0.5, 0.6) is 0 Å². The third-order valence-corrected chi connectivity index (χ3v) is 19.5. The molecule has 0 spiro atoms. The average Bonchev–Trinajstić information content (AvgIpc) is 0.860. The van der Waals surface area contributed by atoms with Crippen LogP contribution in [0, 0.1) is 0 Å². The summed E-state index contributed by atoms with van der Waals surface area (Å²) in [5.74, 6) is -3.49. The predicted octanol–water partition coefficient (Wildman–Crippen LogP) is 8.18. The van der Waals surface area contributed by atoms with Gasteiger partial charge in [-0.2, -0.15) is 0 Å². The minimum Gasteiger partial charge on any atom is -0.354 e. The van der Waals surface area contributed by atoms with Crippen molar-refractivity contribution in [1.82, 2.24) is 50.0 Å². The zero-order valence-corrected chi connectivity index (χ0v) is 57.2. The summed E-state index contributed by atoms with van der Waals surface area (Å²) >= 11 is 0. The normalized spacial score (nSPS) is 15.9. The van der Waals surface area contributed by atoms with E-state index in [1.165, 1.54) is 29.4 Å². The number of carbonyl (C=O) groups is 8. The highest BCUT2D eigenvalue weighted by Gasteiger charge is 2.45. The Kier molecular flexibility index (Phi) is 23.8. The largest absolute Gasteiger partial charge is 0.354 e. The zero-order valence-electron chi connectivity index (χ0n) is 57.2. The molecule has 2 fully saturated rings. The molecule has 0 aliphatic carbocycles. The van der Waals surface area contributed by atoms with E-state index in [2.05, 4.69) is 10.6 Å². The molecule has 0 unspecified atom stereocenters. The summed E-state index contributed by atoms with van der Waals surface area (Å²) in [6.07, 6.45) is 7.18. The van der Waals surface area contributed by atoms with Gasteiger partial charge in [-0.25, -0.2) is 0 Å². The number of rotatable bonds is 28. The van der Waals surface area contributed by atoms with Gasteiger partial charge in [0.15, 0.2) is 0 Å². The van der Waals surface area contributed by atoms with Crippen LogP contribution < -0.4 is 22.1 Å². The lowest BCUT2D eigenvalue weighted by Crippen LogP contribution is -2.57. The van der Waals surface area contributed by atoms with E-state index in [1.54, 1.807) is 40.3 Å². The number of aryl methyl sites for hydroxylation is 2. The molecule has 2 saturated heterocycles. The first-order valence-electron chi connectivity index (χ1n) is 34.5. The van der Waals surface area contributed by atoms with Crippen LogP contribution in [0.1, 0.15) is 108 Å². The maximum absolute atomic E-state index is 15.8. The number of nitrogens with zero attached hydrogens (tertiary/aromatic N) is 8. The van der Waals surface area contributed by atoms with Crippen molar-refractivity contribution in [2.24, 2.45) is 11.5 Å². The highest BCUT2D eigenvalue weighted by molar-refractivity contribution is 6.06. The Morgan fingerprint density at radius 2 is 0.837 bits per heavy atom. The Balaban J connectivity index is 0.997. The average molecular weight is 1330 g/mol. The van der Waals surface area contributed by atoms with Crippen LogP contribution in [0.2, 0.25) is 0 Å². The number of aromatic nitrogens is 2. The van der Waals surface area contributed by atoms with Crippen LogP contribution in [-0.4, -0.2) is 190 Å². The van der Waals surface area contributed by atoms with E-state index in [0.29, 0.717) is 111 Å². The molecule has 2 aromatic heterocycles. The van der Waals surface area contributed by atoms with Crippen LogP contribution in [0.3, 0.4) is 0 Å². The van der Waals surface area contributed by atoms with E-state index >= 15 is 28.8 Å². The van der Waals surface area contributed by atoms with E-state index in [9.17, 15) is 9.59 Å². The molecule has 0 bridgehead atoms. The Bertz CT molecular complexity index is 3980. The number of pyridine rings is 2. The molecule has 4 heterocycles. The molecule has 6 atom stereocenters. The first kappa shape index (κ1) is 70.9. The number of amides is 8. The number of likely N-dealkylation sites (tertiary alicyclic amines) is 2. The van der Waals surface area contributed by atoms with Gasteiger partial charge in [-0.3, -0.25) is 48.3 Å². The van der Waals surface area contributed by atoms with Crippen molar-refractivity contribution in [3.05, 3.63) is 191 Å². The number of nitrogens with one attached hydrogen (secondary N) is 2. The molecular weight excluding hydrogens is 1230 g/mol. The molecule has 512 valence electrons. The van der Waals surface area contributed by atoms with Crippen molar-refractivity contribution >= 4 is 90.6 Å². The Labute approximate surface area is 573 Å². The summed E-state index contributed by atoms with van der Waals surface area (Å²) < 4.78 is 0. The third kappa shape index (κ3) is 16.0. The van der Waals surface area contributed by atoms with Crippen LogP contribution in [-0.2, 0) is 54.5 Å². The van der Waals surface area contributed by atoms with E-state index in [-0.39, 0.29) is 50.6 Å². The lowest BCUT2D eigenvalue weighted by atomic mass is 10.0. The molecule has 8 aromatic rings. The lowest BCUT2D eigenvalue weighted by Gasteiger charge is -2.36. The van der Waals surface area contributed by atoms with Gasteiger partial charge < -0.3 is 51.5 Å². The summed E-state index contributed by atoms with van der Waals surface area (Å²) in [5, 5.41) is 11.3. The fourth-order valence-electron chi connectivity index (χ4n) is 13.8. The van der Waals surface area contributed by atoms with Crippen molar-refractivity contribution in [2.75, 3.05) is 67.5 Å². The van der Waals surface area contributed by atoms with Gasteiger partial charge in [0.1, 0.15) is 36.3 Å². The van der Waals surface area contributed by atoms with Crippen LogP contribution in [0.4, 0.5) is 0 Å². The van der Waals surface area contributed by atoms with Gasteiger partial charge in [0, 0.05) is 78.0 Å². The zero-order chi connectivity index (χ0) is 69.6. The topological polar surface area (TPSA) is 258 Å². The second kappa shape index (κ2) is 32.9. The molecule has 20 heteroatoms. The number of carbonyl (C=O) groups excluding carboxylic acids is 8. The van der Waals surface area contributed by atoms with Crippen molar-refractivity contribution in [2.45, 2.75) is 127 Å². The number of benzene rings is 6. The highest BCUT2D eigenvalue weighted by atomic mass is 16.2. The van der Waals surface area contributed by atoms with E-state index in [4.69, 9.17) is 21.4 Å². The first-order valence-corrected chi connectivity index (χ1v) is 34.5. The van der Waals surface area contributed by atoms with Gasteiger partial charge in [-0.1, -0.05) is 135 Å². The van der Waals surface area contributed by atoms with Crippen LogP contribution in [0.25, 0.3) is 43.4 Å². The lowest BCUT2D eigenvalue weighted by molar-refractivity contribution is -0.148. The minimum atomic E-state index is -1.22. The molecule has 6 N–H and O–H groups in total. The number of nitrogens with two attached hydrogens (primary N) is 2. The van der Waals surface area contributed by atoms with Gasteiger partial charge in [-0.05, 0) is 146 Å². The van der Waals surface area contributed by atoms with Crippen molar-refractivity contribution in [1.29, 1.82) is 0 Å². The molecule has 20 nitrogen and oxygen atoms in total. The molecule has 0 radical (unpaired) electrons. The summed E-state index contributed by atoms with van der Waals surface area (Å²) in [6, 6.07) is 40.0. The Morgan fingerprint density at radius 3 is 1.19 bits per heavy atom. The van der Waals surface area contributed by atoms with E-state index in [0.717, 1.165) is 43.4 Å². The van der Waals surface area contributed by atoms with E-state index in [1.807, 2.05) is 159 Å². The van der Waals surface area contributed by atoms with Gasteiger partial charge in [0.05, 0.1) is 33.5 Å². The summed E-state index contributed by atoms with van der Waals surface area (Å²) in [7, 11) is 6.32. The highest BCUT2D eigenvalue weighted by Crippen LogP contribution is 2.31. The molecule has 2 aliphatic rings. The molecule has 98 heavy (non-hydrogen) atoms. The summed E-state index contributed by atoms with van der Waals surface area (Å²) in [4.78, 5) is 139. The first-order chi connectivity index (χ1) is 47.4. The number of likely N-dealkylation sites (N-methyl/N-ethyl adjacent to an activating group) is 4. The second-order valence-corrected chi connectivity index (χ2v) is 25.8. The Morgan fingerprint density at radius 1 is 0.480 bits per heavy atom. The number of hydrogen-bond acceptors (Lipinski definition) is 12. The quantitative estimate of drug-likeness (QED) is 0.0206. The molecule has 10 rings (SSSR count). The van der Waals surface area contributed by atoms with Crippen LogP contribution >= 0.6 is 0 Å². The Hall–Kier alpha value is -9.92. The number of fused-ring (bicyclic) bond motifs is 4. The van der Waals surface area contributed by atoms with Gasteiger partial charge >= 0.3 is 0 Å². The maximum Gasteiger partial charge on any atom is 0.256 e. The second-order valence-electron chi connectivity index (χ2n) is 25.8.